The molecule has 6 nitrogen and oxygen atoms in total. The molecule has 3 aromatic rings. The van der Waals surface area contributed by atoms with Crippen LogP contribution in [0.5, 0.6) is 0 Å². The Bertz CT molecular complexity index is 899. The van der Waals surface area contributed by atoms with E-state index in [0.717, 1.165) is 27.4 Å². The van der Waals surface area contributed by atoms with Crippen LogP contribution in [0.3, 0.4) is 0 Å². The Labute approximate surface area is 139 Å². The predicted molar refractivity (Wildman–Crippen MR) is 90.8 cm³/mol. The summed E-state index contributed by atoms with van der Waals surface area (Å²) < 4.78 is 10.6. The minimum atomic E-state index is -0.477. The number of hydrogen-bond donors (Lipinski definition) is 2. The van der Waals surface area contributed by atoms with E-state index in [0.29, 0.717) is 5.56 Å². The van der Waals surface area contributed by atoms with Crippen LogP contribution in [0.4, 0.5) is 0 Å². The molecule has 0 saturated heterocycles. The van der Waals surface area contributed by atoms with Crippen molar-refractivity contribution in [2.24, 2.45) is 0 Å². The average Bonchev–Trinajstić information content (AvgIpc) is 2.93. The monoisotopic (exact) mass is 328 g/mol. The van der Waals surface area contributed by atoms with E-state index in [1.165, 1.54) is 0 Å². The van der Waals surface area contributed by atoms with Crippen LogP contribution in [0.15, 0.2) is 24.4 Å². The number of pyridine rings is 1. The highest BCUT2D eigenvalue weighted by atomic mass is 16.5. The Hall–Kier alpha value is -2.44. The first kappa shape index (κ1) is 16.4. The van der Waals surface area contributed by atoms with E-state index in [-0.39, 0.29) is 25.0 Å². The Morgan fingerprint density at radius 1 is 1.29 bits per heavy atom. The predicted octanol–water partition coefficient (Wildman–Crippen LogP) is 2.92. The van der Waals surface area contributed by atoms with Crippen LogP contribution in [0.1, 0.15) is 35.5 Å². The van der Waals surface area contributed by atoms with Crippen LogP contribution in [0.2, 0.25) is 0 Å². The molecule has 0 aliphatic rings. The van der Waals surface area contributed by atoms with Crippen molar-refractivity contribution in [1.29, 1.82) is 0 Å². The average molecular weight is 328 g/mol. The van der Waals surface area contributed by atoms with Crippen LogP contribution in [0, 0.1) is 0 Å². The summed E-state index contributed by atoms with van der Waals surface area (Å²) >= 11 is 0. The van der Waals surface area contributed by atoms with Gasteiger partial charge in [0.2, 0.25) is 0 Å². The van der Waals surface area contributed by atoms with E-state index in [1.807, 2.05) is 18.2 Å². The van der Waals surface area contributed by atoms with Crippen molar-refractivity contribution in [2.45, 2.75) is 33.2 Å². The van der Waals surface area contributed by atoms with E-state index >= 15 is 0 Å². The summed E-state index contributed by atoms with van der Waals surface area (Å²) in [6.07, 6.45) is 1.38. The number of methoxy groups -OCH3 is 1. The van der Waals surface area contributed by atoms with Crippen LogP contribution >= 0.6 is 0 Å². The lowest BCUT2D eigenvalue weighted by molar-refractivity contribution is 0.0366. The Kier molecular flexibility index (Phi) is 4.51. The standard InChI is InChI=1S/C18H20N2O4/c1-10(2)24-18(22)17-12(9-23-3)16-14(7-19-17)20-13-6-4-5-11(8-21)15(13)16/h4-7,10,20-21H,8-9H2,1-3H3. The van der Waals surface area contributed by atoms with Gasteiger partial charge >= 0.3 is 5.97 Å². The molecule has 0 radical (unpaired) electrons. The molecule has 2 N–H and O–H groups in total. The topological polar surface area (TPSA) is 84.4 Å². The summed E-state index contributed by atoms with van der Waals surface area (Å²) in [5.41, 5.74) is 3.36. The van der Waals surface area contributed by atoms with E-state index in [1.54, 1.807) is 27.2 Å². The van der Waals surface area contributed by atoms with E-state index in [9.17, 15) is 9.90 Å². The number of H-pyrrole nitrogens is 1. The van der Waals surface area contributed by atoms with Crippen molar-refractivity contribution in [3.8, 4) is 0 Å². The van der Waals surface area contributed by atoms with Gasteiger partial charge in [0.25, 0.3) is 0 Å². The van der Waals surface area contributed by atoms with Crippen LogP contribution < -0.4 is 0 Å². The maximum absolute atomic E-state index is 12.4. The van der Waals surface area contributed by atoms with Gasteiger partial charge in [0, 0.05) is 29.0 Å². The first-order valence-electron chi connectivity index (χ1n) is 7.78. The summed E-state index contributed by atoms with van der Waals surface area (Å²) in [5, 5.41) is 11.4. The van der Waals surface area contributed by atoms with Crippen molar-refractivity contribution in [3.63, 3.8) is 0 Å². The number of carbonyl (C=O) groups is 1. The number of rotatable bonds is 5. The molecule has 3 rings (SSSR count). The van der Waals surface area contributed by atoms with E-state index in [4.69, 9.17) is 9.47 Å². The minimum absolute atomic E-state index is 0.0924. The SMILES string of the molecule is COCc1c(C(=O)OC(C)C)ncc2[nH]c3cccc(CO)c3c12. The lowest BCUT2D eigenvalue weighted by Gasteiger charge is -2.12. The highest BCUT2D eigenvalue weighted by Gasteiger charge is 2.22. The lowest BCUT2D eigenvalue weighted by Crippen LogP contribution is -2.15. The Morgan fingerprint density at radius 2 is 2.08 bits per heavy atom. The Morgan fingerprint density at radius 3 is 2.75 bits per heavy atom. The second-order valence-electron chi connectivity index (χ2n) is 5.88. The number of hydrogen-bond acceptors (Lipinski definition) is 5. The number of nitrogens with one attached hydrogen (secondary N) is 1. The molecular weight excluding hydrogens is 308 g/mol. The summed E-state index contributed by atoms with van der Waals surface area (Å²) in [7, 11) is 1.57. The van der Waals surface area contributed by atoms with Crippen molar-refractivity contribution >= 4 is 27.8 Å². The smallest absolute Gasteiger partial charge is 0.357 e. The number of aliphatic hydroxyl groups excluding tert-OH is 1. The summed E-state index contributed by atoms with van der Waals surface area (Å²) in [6, 6.07) is 5.66. The maximum Gasteiger partial charge on any atom is 0.357 e. The molecular formula is C18H20N2O4. The number of benzene rings is 1. The molecule has 6 heteroatoms. The van der Waals surface area contributed by atoms with Gasteiger partial charge in [0.05, 0.1) is 31.0 Å². The largest absolute Gasteiger partial charge is 0.458 e. The zero-order chi connectivity index (χ0) is 17.3. The first-order valence-corrected chi connectivity index (χ1v) is 7.78. The molecule has 0 bridgehead atoms. The maximum atomic E-state index is 12.4. The third-order valence-electron chi connectivity index (χ3n) is 3.84. The van der Waals surface area contributed by atoms with Gasteiger partial charge in [-0.15, -0.1) is 0 Å². The van der Waals surface area contributed by atoms with Gasteiger partial charge in [0.1, 0.15) is 0 Å². The molecule has 2 aromatic heterocycles. The number of aliphatic hydroxyl groups is 1. The molecule has 0 unspecified atom stereocenters. The van der Waals surface area contributed by atoms with Gasteiger partial charge in [-0.2, -0.15) is 0 Å². The van der Waals surface area contributed by atoms with Gasteiger partial charge in [-0.1, -0.05) is 12.1 Å². The fourth-order valence-corrected chi connectivity index (χ4v) is 2.94. The molecule has 0 fully saturated rings. The molecule has 0 amide bonds. The summed E-state index contributed by atoms with van der Waals surface area (Å²) in [6.45, 7) is 3.72. The Balaban J connectivity index is 2.33. The number of ether oxygens (including phenoxy) is 2. The van der Waals surface area contributed by atoms with Crippen LogP contribution in [-0.4, -0.2) is 34.3 Å². The van der Waals surface area contributed by atoms with Crippen molar-refractivity contribution in [3.05, 3.63) is 41.2 Å². The molecule has 0 spiro atoms. The fraction of sp³-hybridized carbons (Fsp3) is 0.333. The van der Waals surface area contributed by atoms with Gasteiger partial charge in [-0.3, -0.25) is 0 Å². The van der Waals surface area contributed by atoms with Gasteiger partial charge < -0.3 is 19.6 Å². The third kappa shape index (κ3) is 2.74. The number of fused-ring (bicyclic) bond motifs is 3. The van der Waals surface area contributed by atoms with Crippen LogP contribution in [0.25, 0.3) is 21.8 Å². The number of esters is 1. The first-order chi connectivity index (χ1) is 11.6. The number of nitrogens with zero attached hydrogens (tertiary/aromatic N) is 1. The van der Waals surface area contributed by atoms with Crippen molar-refractivity contribution in [1.82, 2.24) is 9.97 Å². The minimum Gasteiger partial charge on any atom is -0.458 e. The van der Waals surface area contributed by atoms with Crippen molar-refractivity contribution in [2.75, 3.05) is 7.11 Å². The number of aromatic nitrogens is 2. The molecule has 0 atom stereocenters. The third-order valence-corrected chi connectivity index (χ3v) is 3.84. The van der Waals surface area contributed by atoms with Crippen LogP contribution in [-0.2, 0) is 22.7 Å². The molecule has 0 saturated carbocycles. The molecule has 0 aliphatic carbocycles. The highest BCUT2D eigenvalue weighted by Crippen LogP contribution is 2.32. The van der Waals surface area contributed by atoms with Crippen molar-refractivity contribution < 1.29 is 19.4 Å². The zero-order valence-electron chi connectivity index (χ0n) is 13.9. The fourth-order valence-electron chi connectivity index (χ4n) is 2.94. The zero-order valence-corrected chi connectivity index (χ0v) is 13.9. The summed E-state index contributed by atoms with van der Waals surface area (Å²) in [5.74, 6) is -0.477. The molecule has 24 heavy (non-hydrogen) atoms. The van der Waals surface area contributed by atoms with E-state index < -0.39 is 5.97 Å². The number of aromatic amines is 1. The van der Waals surface area contributed by atoms with Gasteiger partial charge in [-0.25, -0.2) is 9.78 Å². The van der Waals surface area contributed by atoms with Gasteiger partial charge in [-0.05, 0) is 25.5 Å². The number of carbonyl (C=O) groups excluding carboxylic acids is 1. The van der Waals surface area contributed by atoms with Gasteiger partial charge in [0.15, 0.2) is 5.69 Å². The second kappa shape index (κ2) is 6.59. The molecule has 1 aromatic carbocycles. The molecule has 2 heterocycles. The normalized spacial score (nSPS) is 11.5. The lowest BCUT2D eigenvalue weighted by atomic mass is 10.0. The molecule has 126 valence electrons. The summed E-state index contributed by atoms with van der Waals surface area (Å²) in [4.78, 5) is 20.0. The highest BCUT2D eigenvalue weighted by molar-refractivity contribution is 6.12. The second-order valence-corrected chi connectivity index (χ2v) is 5.88. The molecule has 0 aliphatic heterocycles. The quantitative estimate of drug-likeness (QED) is 0.704. The van der Waals surface area contributed by atoms with E-state index in [2.05, 4.69) is 9.97 Å².